The maximum atomic E-state index is 11.4. The first-order valence-electron chi connectivity index (χ1n) is 4.91. The molecule has 0 unspecified atom stereocenters. The molecule has 1 aliphatic carbocycles. The quantitative estimate of drug-likeness (QED) is 0.759. The lowest BCUT2D eigenvalue weighted by molar-refractivity contribution is -0.118. The van der Waals surface area contributed by atoms with E-state index < -0.39 is 0 Å². The van der Waals surface area contributed by atoms with Crippen LogP contribution in [0.2, 0.25) is 0 Å². The van der Waals surface area contributed by atoms with Crippen LogP contribution < -0.4 is 0 Å². The summed E-state index contributed by atoms with van der Waals surface area (Å²) in [5.74, 6) is 0.888. The van der Waals surface area contributed by atoms with E-state index in [9.17, 15) is 4.79 Å². The summed E-state index contributed by atoms with van der Waals surface area (Å²) in [7, 11) is 0. The van der Waals surface area contributed by atoms with Gasteiger partial charge in [-0.1, -0.05) is 18.2 Å². The number of rotatable bonds is 3. The zero-order chi connectivity index (χ0) is 10.7. The molecule has 2 rings (SSSR count). The SMILES string of the molecule is O=C(CCO)C1=CC=C2CC=CC=C2O1. The number of hydrogen-bond acceptors (Lipinski definition) is 3. The molecule has 15 heavy (non-hydrogen) atoms. The Balaban J connectivity index is 2.16. The lowest BCUT2D eigenvalue weighted by Gasteiger charge is -2.19. The Kier molecular flexibility index (Phi) is 2.83. The van der Waals surface area contributed by atoms with Crippen LogP contribution >= 0.6 is 0 Å². The number of aliphatic hydroxyl groups is 1. The van der Waals surface area contributed by atoms with E-state index in [2.05, 4.69) is 0 Å². The molecule has 2 aliphatic rings. The van der Waals surface area contributed by atoms with Gasteiger partial charge in [-0.2, -0.15) is 0 Å². The van der Waals surface area contributed by atoms with Crippen LogP contribution in [-0.2, 0) is 9.53 Å². The second-order valence-electron chi connectivity index (χ2n) is 3.38. The smallest absolute Gasteiger partial charge is 0.200 e. The van der Waals surface area contributed by atoms with Crippen LogP contribution in [0, 0.1) is 0 Å². The number of allylic oxidation sites excluding steroid dienone is 7. The lowest BCUT2D eigenvalue weighted by atomic mass is 10.0. The molecule has 0 fully saturated rings. The minimum Gasteiger partial charge on any atom is -0.453 e. The Labute approximate surface area is 88.1 Å². The zero-order valence-electron chi connectivity index (χ0n) is 8.27. The first kappa shape index (κ1) is 9.93. The van der Waals surface area contributed by atoms with Gasteiger partial charge in [0.15, 0.2) is 11.5 Å². The molecule has 0 spiro atoms. The normalized spacial score (nSPS) is 18.3. The Morgan fingerprint density at radius 1 is 1.40 bits per heavy atom. The van der Waals surface area contributed by atoms with Crippen LogP contribution in [0.4, 0.5) is 0 Å². The molecule has 0 bridgehead atoms. The largest absolute Gasteiger partial charge is 0.453 e. The number of Topliss-reactive ketones (excluding diaryl/α,β-unsaturated/α-hetero) is 1. The van der Waals surface area contributed by atoms with Gasteiger partial charge in [-0.3, -0.25) is 4.79 Å². The van der Waals surface area contributed by atoms with Crippen molar-refractivity contribution in [2.75, 3.05) is 6.61 Å². The van der Waals surface area contributed by atoms with Gasteiger partial charge in [-0.15, -0.1) is 0 Å². The van der Waals surface area contributed by atoms with Gasteiger partial charge in [-0.05, 0) is 24.1 Å². The second-order valence-corrected chi connectivity index (χ2v) is 3.38. The summed E-state index contributed by atoms with van der Waals surface area (Å²) in [4.78, 5) is 11.4. The van der Waals surface area contributed by atoms with E-state index in [0.29, 0.717) is 5.76 Å². The molecule has 78 valence electrons. The van der Waals surface area contributed by atoms with Gasteiger partial charge < -0.3 is 9.84 Å². The van der Waals surface area contributed by atoms with E-state index in [0.717, 1.165) is 17.8 Å². The van der Waals surface area contributed by atoms with Crippen molar-refractivity contribution in [1.82, 2.24) is 0 Å². The predicted octanol–water partition coefficient (Wildman–Crippen LogP) is 1.62. The van der Waals surface area contributed by atoms with Crippen molar-refractivity contribution in [2.45, 2.75) is 12.8 Å². The third kappa shape index (κ3) is 2.07. The van der Waals surface area contributed by atoms with Gasteiger partial charge in [0, 0.05) is 6.42 Å². The summed E-state index contributed by atoms with van der Waals surface area (Å²) >= 11 is 0. The Hall–Kier alpha value is -1.61. The maximum absolute atomic E-state index is 11.4. The molecular formula is C12H12O3. The van der Waals surface area contributed by atoms with Crippen molar-refractivity contribution in [1.29, 1.82) is 0 Å². The fraction of sp³-hybridized carbons (Fsp3) is 0.250. The lowest BCUT2D eigenvalue weighted by Crippen LogP contribution is -2.12. The Morgan fingerprint density at radius 3 is 3.07 bits per heavy atom. The molecule has 1 N–H and O–H groups in total. The second kappa shape index (κ2) is 4.28. The minimum absolute atomic E-state index is 0.109. The van der Waals surface area contributed by atoms with E-state index in [1.807, 2.05) is 24.3 Å². The van der Waals surface area contributed by atoms with Crippen molar-refractivity contribution in [3.8, 4) is 0 Å². The molecule has 0 atom stereocenters. The van der Waals surface area contributed by atoms with Crippen molar-refractivity contribution < 1.29 is 14.6 Å². The monoisotopic (exact) mass is 204 g/mol. The van der Waals surface area contributed by atoms with Crippen LogP contribution in [0.1, 0.15) is 12.8 Å². The molecular weight excluding hydrogens is 192 g/mol. The van der Waals surface area contributed by atoms with Crippen molar-refractivity contribution in [2.24, 2.45) is 0 Å². The number of ketones is 1. The number of carbonyl (C=O) groups excluding carboxylic acids is 1. The van der Waals surface area contributed by atoms with E-state index in [1.165, 1.54) is 0 Å². The zero-order valence-corrected chi connectivity index (χ0v) is 8.27. The summed E-state index contributed by atoms with van der Waals surface area (Å²) < 4.78 is 5.45. The Morgan fingerprint density at radius 2 is 2.27 bits per heavy atom. The van der Waals surface area contributed by atoms with Gasteiger partial charge in [-0.25, -0.2) is 0 Å². The predicted molar refractivity (Wildman–Crippen MR) is 55.8 cm³/mol. The van der Waals surface area contributed by atoms with Crippen LogP contribution in [0.5, 0.6) is 0 Å². The number of fused-ring (bicyclic) bond motifs is 1. The van der Waals surface area contributed by atoms with Gasteiger partial charge in [0.1, 0.15) is 5.76 Å². The van der Waals surface area contributed by atoms with Crippen LogP contribution in [0.25, 0.3) is 0 Å². The highest BCUT2D eigenvalue weighted by atomic mass is 16.5. The topological polar surface area (TPSA) is 46.5 Å². The number of carbonyl (C=O) groups is 1. The molecule has 0 saturated heterocycles. The molecule has 0 aromatic heterocycles. The van der Waals surface area contributed by atoms with Gasteiger partial charge in [0.05, 0.1) is 6.61 Å². The van der Waals surface area contributed by atoms with Crippen LogP contribution in [0.15, 0.2) is 47.5 Å². The summed E-state index contributed by atoms with van der Waals surface area (Å²) in [5, 5.41) is 8.65. The van der Waals surface area contributed by atoms with E-state index >= 15 is 0 Å². The van der Waals surface area contributed by atoms with E-state index in [4.69, 9.17) is 9.84 Å². The molecule has 0 aromatic rings. The molecule has 3 nitrogen and oxygen atoms in total. The first-order chi connectivity index (χ1) is 7.31. The molecule has 1 aliphatic heterocycles. The average Bonchev–Trinajstić information content (AvgIpc) is 2.29. The molecule has 1 heterocycles. The highest BCUT2D eigenvalue weighted by Gasteiger charge is 2.18. The summed E-state index contributed by atoms with van der Waals surface area (Å²) in [5.41, 5.74) is 1.08. The molecule has 0 saturated carbocycles. The Bertz CT molecular complexity index is 397. The van der Waals surface area contributed by atoms with Crippen LogP contribution in [0.3, 0.4) is 0 Å². The summed E-state index contributed by atoms with van der Waals surface area (Å²) in [6, 6.07) is 0. The van der Waals surface area contributed by atoms with Gasteiger partial charge in [0.2, 0.25) is 0 Å². The number of ether oxygens (including phenoxy) is 1. The van der Waals surface area contributed by atoms with Crippen LogP contribution in [-0.4, -0.2) is 17.5 Å². The van der Waals surface area contributed by atoms with Gasteiger partial charge >= 0.3 is 0 Å². The third-order valence-corrected chi connectivity index (χ3v) is 2.31. The molecule has 0 amide bonds. The third-order valence-electron chi connectivity index (χ3n) is 2.31. The average molecular weight is 204 g/mol. The summed E-state index contributed by atoms with van der Waals surface area (Å²) in [6.07, 6.45) is 10.3. The maximum Gasteiger partial charge on any atom is 0.200 e. The summed E-state index contributed by atoms with van der Waals surface area (Å²) in [6.45, 7) is -0.144. The fourth-order valence-corrected chi connectivity index (χ4v) is 1.51. The molecule has 3 heteroatoms. The highest BCUT2D eigenvalue weighted by Crippen LogP contribution is 2.27. The minimum atomic E-state index is -0.164. The fourth-order valence-electron chi connectivity index (χ4n) is 1.51. The standard InChI is InChI=1S/C12H12O3/c13-8-7-10(14)12-6-5-9-3-1-2-4-11(9)15-12/h1-2,4-6,13H,3,7-8H2. The van der Waals surface area contributed by atoms with E-state index in [-0.39, 0.29) is 18.8 Å². The number of hydrogen-bond donors (Lipinski definition) is 1. The van der Waals surface area contributed by atoms with Gasteiger partial charge in [0.25, 0.3) is 0 Å². The van der Waals surface area contributed by atoms with E-state index in [1.54, 1.807) is 6.08 Å². The molecule has 0 radical (unpaired) electrons. The van der Waals surface area contributed by atoms with Crippen molar-refractivity contribution in [3.63, 3.8) is 0 Å². The first-order valence-corrected chi connectivity index (χ1v) is 4.91. The van der Waals surface area contributed by atoms with Crippen molar-refractivity contribution in [3.05, 3.63) is 47.5 Å². The van der Waals surface area contributed by atoms with Crippen molar-refractivity contribution >= 4 is 5.78 Å². The highest BCUT2D eigenvalue weighted by molar-refractivity contribution is 5.94. The number of aliphatic hydroxyl groups excluding tert-OH is 1. The molecule has 0 aromatic carbocycles.